The summed E-state index contributed by atoms with van der Waals surface area (Å²) in [7, 11) is 0. The summed E-state index contributed by atoms with van der Waals surface area (Å²) in [6, 6.07) is 4.74. The Morgan fingerprint density at radius 1 is 1.22 bits per heavy atom. The number of hydrogen-bond donors (Lipinski definition) is 1. The number of anilines is 1. The van der Waals surface area contributed by atoms with E-state index in [9.17, 15) is 0 Å². The monoisotopic (exact) mass is 248 g/mol. The lowest BCUT2D eigenvalue weighted by Crippen LogP contribution is -2.52. The molecule has 1 fully saturated rings. The first-order chi connectivity index (χ1) is 8.85. The van der Waals surface area contributed by atoms with Crippen LogP contribution in [-0.4, -0.2) is 48.6 Å². The Kier molecular flexibility index (Phi) is 4.96. The van der Waals surface area contributed by atoms with E-state index in [4.69, 9.17) is 5.73 Å². The number of piperazine rings is 1. The van der Waals surface area contributed by atoms with E-state index in [1.54, 1.807) is 0 Å². The van der Waals surface area contributed by atoms with Gasteiger partial charge in [0, 0.05) is 56.8 Å². The van der Waals surface area contributed by atoms with Gasteiger partial charge in [-0.3, -0.25) is 9.88 Å². The average molecular weight is 248 g/mol. The minimum atomic E-state index is 0.564. The van der Waals surface area contributed by atoms with E-state index in [0.717, 1.165) is 32.7 Å². The summed E-state index contributed by atoms with van der Waals surface area (Å²) in [4.78, 5) is 9.04. The molecule has 0 radical (unpaired) electrons. The lowest BCUT2D eigenvalue weighted by molar-refractivity contribution is 0.179. The van der Waals surface area contributed by atoms with Crippen LogP contribution in [0.3, 0.4) is 0 Å². The minimum Gasteiger partial charge on any atom is -0.369 e. The summed E-state index contributed by atoms with van der Waals surface area (Å²) < 4.78 is 0. The molecule has 1 atom stereocenters. The van der Waals surface area contributed by atoms with Gasteiger partial charge in [0.2, 0.25) is 0 Å². The van der Waals surface area contributed by atoms with Crippen LogP contribution in [0, 0.1) is 0 Å². The lowest BCUT2D eigenvalue weighted by Gasteiger charge is -2.39. The molecule has 0 bridgehead atoms. The summed E-state index contributed by atoms with van der Waals surface area (Å²) in [5.41, 5.74) is 7.15. The minimum absolute atomic E-state index is 0.564. The summed E-state index contributed by atoms with van der Waals surface area (Å²) in [6.07, 6.45) is 6.15. The summed E-state index contributed by atoms with van der Waals surface area (Å²) >= 11 is 0. The van der Waals surface area contributed by atoms with Crippen molar-refractivity contribution in [2.45, 2.75) is 25.8 Å². The Bertz CT molecular complexity index is 333. The fourth-order valence-electron chi connectivity index (χ4n) is 2.68. The molecular formula is C14H24N4. The van der Waals surface area contributed by atoms with E-state index in [2.05, 4.69) is 33.8 Å². The fraction of sp³-hybridized carbons (Fsp3) is 0.643. The van der Waals surface area contributed by atoms with Crippen LogP contribution in [0.5, 0.6) is 0 Å². The van der Waals surface area contributed by atoms with Crippen molar-refractivity contribution < 1.29 is 0 Å². The Balaban J connectivity index is 1.88. The third-order valence-corrected chi connectivity index (χ3v) is 3.75. The molecule has 1 aliphatic heterocycles. The zero-order chi connectivity index (χ0) is 12.8. The van der Waals surface area contributed by atoms with Gasteiger partial charge >= 0.3 is 0 Å². The van der Waals surface area contributed by atoms with Gasteiger partial charge in [0.1, 0.15) is 0 Å². The summed E-state index contributed by atoms with van der Waals surface area (Å²) in [5, 5.41) is 0. The topological polar surface area (TPSA) is 45.4 Å². The number of nitrogens with two attached hydrogens (primary N) is 1. The molecule has 0 aliphatic carbocycles. The number of nitrogens with zero attached hydrogens (tertiary/aromatic N) is 3. The fourth-order valence-corrected chi connectivity index (χ4v) is 2.68. The van der Waals surface area contributed by atoms with Crippen molar-refractivity contribution in [2.24, 2.45) is 5.73 Å². The zero-order valence-electron chi connectivity index (χ0n) is 11.3. The molecule has 1 aromatic rings. The average Bonchev–Trinajstić information content (AvgIpc) is 2.46. The predicted octanol–water partition coefficient (Wildman–Crippen LogP) is 1.33. The van der Waals surface area contributed by atoms with Crippen LogP contribution in [0.1, 0.15) is 19.8 Å². The number of pyridine rings is 1. The molecule has 1 saturated heterocycles. The molecule has 2 heterocycles. The molecule has 1 unspecified atom stereocenters. The Labute approximate surface area is 110 Å². The SMILES string of the molecule is CCCC(CN)N1CCN(c2ccncc2)CC1. The first-order valence-electron chi connectivity index (χ1n) is 6.94. The van der Waals surface area contributed by atoms with Gasteiger partial charge in [0.15, 0.2) is 0 Å². The number of rotatable bonds is 5. The van der Waals surface area contributed by atoms with Gasteiger partial charge in [-0.15, -0.1) is 0 Å². The number of hydrogen-bond acceptors (Lipinski definition) is 4. The molecule has 0 saturated carbocycles. The van der Waals surface area contributed by atoms with E-state index in [-0.39, 0.29) is 0 Å². The normalized spacial score (nSPS) is 18.9. The molecule has 1 aliphatic rings. The maximum Gasteiger partial charge on any atom is 0.0397 e. The highest BCUT2D eigenvalue weighted by Gasteiger charge is 2.22. The van der Waals surface area contributed by atoms with Crippen molar-refractivity contribution in [1.29, 1.82) is 0 Å². The Morgan fingerprint density at radius 3 is 2.44 bits per heavy atom. The third-order valence-electron chi connectivity index (χ3n) is 3.75. The van der Waals surface area contributed by atoms with Crippen molar-refractivity contribution >= 4 is 5.69 Å². The first kappa shape index (κ1) is 13.3. The maximum atomic E-state index is 5.87. The van der Waals surface area contributed by atoms with Gasteiger partial charge in [-0.2, -0.15) is 0 Å². The first-order valence-corrected chi connectivity index (χ1v) is 6.94. The van der Waals surface area contributed by atoms with Gasteiger partial charge in [0.25, 0.3) is 0 Å². The molecule has 4 nitrogen and oxygen atoms in total. The molecule has 4 heteroatoms. The molecule has 18 heavy (non-hydrogen) atoms. The molecule has 0 spiro atoms. The van der Waals surface area contributed by atoms with Crippen LogP contribution in [0.2, 0.25) is 0 Å². The van der Waals surface area contributed by atoms with E-state index in [1.807, 2.05) is 12.4 Å². The summed E-state index contributed by atoms with van der Waals surface area (Å²) in [6.45, 7) is 7.42. The second-order valence-electron chi connectivity index (χ2n) is 4.91. The maximum absolute atomic E-state index is 5.87. The van der Waals surface area contributed by atoms with Gasteiger partial charge in [-0.25, -0.2) is 0 Å². The van der Waals surface area contributed by atoms with E-state index < -0.39 is 0 Å². The lowest BCUT2D eigenvalue weighted by atomic mass is 10.1. The van der Waals surface area contributed by atoms with Gasteiger partial charge < -0.3 is 10.6 Å². The zero-order valence-corrected chi connectivity index (χ0v) is 11.3. The van der Waals surface area contributed by atoms with Crippen molar-refractivity contribution in [3.8, 4) is 0 Å². The standard InChI is InChI=1S/C14H24N4/c1-2-3-14(12-15)18-10-8-17(9-11-18)13-4-6-16-7-5-13/h4-7,14H,2-3,8-12,15H2,1H3. The van der Waals surface area contributed by atoms with E-state index in [0.29, 0.717) is 6.04 Å². The van der Waals surface area contributed by atoms with Crippen LogP contribution >= 0.6 is 0 Å². The molecule has 1 aromatic heterocycles. The summed E-state index contributed by atoms with van der Waals surface area (Å²) in [5.74, 6) is 0. The van der Waals surface area contributed by atoms with Crippen molar-refractivity contribution in [1.82, 2.24) is 9.88 Å². The Morgan fingerprint density at radius 2 is 1.89 bits per heavy atom. The van der Waals surface area contributed by atoms with E-state index >= 15 is 0 Å². The van der Waals surface area contributed by atoms with Crippen molar-refractivity contribution in [2.75, 3.05) is 37.6 Å². The van der Waals surface area contributed by atoms with Crippen molar-refractivity contribution in [3.63, 3.8) is 0 Å². The van der Waals surface area contributed by atoms with Crippen LogP contribution in [0.15, 0.2) is 24.5 Å². The molecule has 0 amide bonds. The van der Waals surface area contributed by atoms with Crippen LogP contribution < -0.4 is 10.6 Å². The highest BCUT2D eigenvalue weighted by atomic mass is 15.3. The van der Waals surface area contributed by atoms with Gasteiger partial charge in [-0.05, 0) is 18.6 Å². The largest absolute Gasteiger partial charge is 0.369 e. The van der Waals surface area contributed by atoms with Crippen LogP contribution in [-0.2, 0) is 0 Å². The van der Waals surface area contributed by atoms with Crippen LogP contribution in [0.4, 0.5) is 5.69 Å². The Hall–Kier alpha value is -1.13. The molecule has 2 N–H and O–H groups in total. The van der Waals surface area contributed by atoms with Gasteiger partial charge in [-0.1, -0.05) is 13.3 Å². The van der Waals surface area contributed by atoms with E-state index in [1.165, 1.54) is 18.5 Å². The second kappa shape index (κ2) is 6.71. The molecule has 0 aromatic carbocycles. The second-order valence-corrected chi connectivity index (χ2v) is 4.91. The molecular weight excluding hydrogens is 224 g/mol. The quantitative estimate of drug-likeness (QED) is 0.854. The molecule has 100 valence electrons. The highest BCUT2D eigenvalue weighted by molar-refractivity contribution is 5.44. The predicted molar refractivity (Wildman–Crippen MR) is 75.8 cm³/mol. The van der Waals surface area contributed by atoms with Gasteiger partial charge in [0.05, 0.1) is 0 Å². The third kappa shape index (κ3) is 3.21. The number of aromatic nitrogens is 1. The van der Waals surface area contributed by atoms with Crippen molar-refractivity contribution in [3.05, 3.63) is 24.5 Å². The van der Waals surface area contributed by atoms with Crippen LogP contribution in [0.25, 0.3) is 0 Å². The molecule has 2 rings (SSSR count). The smallest absolute Gasteiger partial charge is 0.0397 e. The highest BCUT2D eigenvalue weighted by Crippen LogP contribution is 2.16.